The number of rotatable bonds is 4. The summed E-state index contributed by atoms with van der Waals surface area (Å²) in [7, 11) is 0. The molecule has 0 atom stereocenters. The number of nitrogens with zero attached hydrogens (tertiary/aromatic N) is 1. The zero-order chi connectivity index (χ0) is 15.0. The minimum Gasteiger partial charge on any atom is -0.382 e. The van der Waals surface area contributed by atoms with Gasteiger partial charge < -0.3 is 16.4 Å². The molecular weight excluding hydrogens is 331 g/mol. The van der Waals surface area contributed by atoms with E-state index in [-0.39, 0.29) is 11.7 Å². The van der Waals surface area contributed by atoms with E-state index in [0.717, 1.165) is 12.8 Å². The van der Waals surface area contributed by atoms with Crippen LogP contribution in [0.3, 0.4) is 0 Å². The highest BCUT2D eigenvalue weighted by molar-refractivity contribution is 7.18. The monoisotopic (exact) mass is 342 g/mol. The van der Waals surface area contributed by atoms with E-state index in [1.807, 2.05) is 0 Å². The molecule has 2 aromatic rings. The van der Waals surface area contributed by atoms with Crippen LogP contribution in [0.5, 0.6) is 0 Å². The first kappa shape index (κ1) is 14.4. The van der Waals surface area contributed by atoms with Gasteiger partial charge in [-0.2, -0.15) is 0 Å². The van der Waals surface area contributed by atoms with Crippen molar-refractivity contribution in [1.82, 2.24) is 4.98 Å². The average Bonchev–Trinajstić information content (AvgIpc) is 3.16. The predicted molar refractivity (Wildman–Crippen MR) is 87.6 cm³/mol. The number of carbonyl (C=O) groups is 1. The van der Waals surface area contributed by atoms with Crippen molar-refractivity contribution in [2.45, 2.75) is 18.9 Å². The summed E-state index contributed by atoms with van der Waals surface area (Å²) in [6.07, 6.45) is 2.24. The second kappa shape index (κ2) is 5.71. The van der Waals surface area contributed by atoms with Crippen molar-refractivity contribution in [3.63, 3.8) is 0 Å². The number of amides is 1. The summed E-state index contributed by atoms with van der Waals surface area (Å²) in [6, 6.07) is 5.46. The molecule has 0 spiro atoms. The molecule has 1 heterocycles. The molecule has 5 nitrogen and oxygen atoms in total. The Morgan fingerprint density at radius 2 is 2.00 bits per heavy atom. The van der Waals surface area contributed by atoms with Crippen molar-refractivity contribution in [3.8, 4) is 0 Å². The van der Waals surface area contributed by atoms with E-state index < -0.39 is 0 Å². The molecule has 1 saturated carbocycles. The zero-order valence-corrected chi connectivity index (χ0v) is 13.1. The topological polar surface area (TPSA) is 80.0 Å². The van der Waals surface area contributed by atoms with Crippen molar-refractivity contribution < 1.29 is 4.79 Å². The van der Waals surface area contributed by atoms with Gasteiger partial charge in [0.05, 0.1) is 15.7 Å². The summed E-state index contributed by atoms with van der Waals surface area (Å²) in [4.78, 5) is 16.8. The number of benzene rings is 1. The second-order valence-corrected chi connectivity index (χ2v) is 6.52. The molecule has 110 valence electrons. The van der Waals surface area contributed by atoms with Crippen molar-refractivity contribution in [1.29, 1.82) is 0 Å². The maximum Gasteiger partial charge on any atom is 0.269 e. The highest BCUT2D eigenvalue weighted by Gasteiger charge is 2.24. The van der Waals surface area contributed by atoms with Gasteiger partial charge in [-0.05, 0) is 25.0 Å². The van der Waals surface area contributed by atoms with Gasteiger partial charge in [-0.3, -0.25) is 4.79 Å². The minimum atomic E-state index is -0.371. The van der Waals surface area contributed by atoms with Gasteiger partial charge in [-0.1, -0.05) is 40.6 Å². The molecular formula is C13H12Cl2N4OS. The summed E-state index contributed by atoms with van der Waals surface area (Å²) < 4.78 is 0. The van der Waals surface area contributed by atoms with E-state index in [0.29, 0.717) is 31.8 Å². The Labute approximate surface area is 135 Å². The van der Waals surface area contributed by atoms with Gasteiger partial charge >= 0.3 is 0 Å². The van der Waals surface area contributed by atoms with Gasteiger partial charge in [0, 0.05) is 6.04 Å². The molecule has 0 aliphatic heterocycles. The van der Waals surface area contributed by atoms with E-state index in [1.165, 1.54) is 11.3 Å². The molecule has 21 heavy (non-hydrogen) atoms. The van der Waals surface area contributed by atoms with Crippen LogP contribution >= 0.6 is 34.5 Å². The number of aromatic nitrogens is 1. The molecule has 8 heteroatoms. The Morgan fingerprint density at radius 3 is 2.62 bits per heavy atom. The van der Waals surface area contributed by atoms with E-state index in [9.17, 15) is 4.79 Å². The normalized spacial score (nSPS) is 14.0. The molecule has 4 N–H and O–H groups in total. The van der Waals surface area contributed by atoms with Crippen LogP contribution in [0, 0.1) is 0 Å². The Kier molecular flexibility index (Phi) is 3.93. The lowest BCUT2D eigenvalue weighted by Gasteiger charge is -2.07. The molecule has 1 fully saturated rings. The number of nitrogens with one attached hydrogen (secondary N) is 2. The SMILES string of the molecule is Nc1nc(NC2CC2)sc1C(=O)Nc1c(Cl)cccc1Cl. The average molecular weight is 343 g/mol. The van der Waals surface area contributed by atoms with Crippen LogP contribution in [0.2, 0.25) is 10.0 Å². The summed E-state index contributed by atoms with van der Waals surface area (Å²) in [5.74, 6) is -0.173. The molecule has 0 saturated heterocycles. The number of carbonyl (C=O) groups excluding carboxylic acids is 1. The Hall–Kier alpha value is -1.50. The van der Waals surface area contributed by atoms with Crippen LogP contribution < -0.4 is 16.4 Å². The number of halogens is 2. The van der Waals surface area contributed by atoms with Gasteiger partial charge in [0.1, 0.15) is 10.7 Å². The summed E-state index contributed by atoms with van der Waals surface area (Å²) >= 11 is 13.3. The number of anilines is 3. The first-order valence-corrected chi connectivity index (χ1v) is 7.90. The van der Waals surface area contributed by atoms with Gasteiger partial charge in [0.15, 0.2) is 5.13 Å². The van der Waals surface area contributed by atoms with Crippen LogP contribution in [0.4, 0.5) is 16.6 Å². The van der Waals surface area contributed by atoms with Crippen molar-refractivity contribution in [2.75, 3.05) is 16.4 Å². The van der Waals surface area contributed by atoms with Crippen LogP contribution in [0.15, 0.2) is 18.2 Å². The molecule has 0 bridgehead atoms. The third kappa shape index (κ3) is 3.23. The van der Waals surface area contributed by atoms with Gasteiger partial charge in [0.25, 0.3) is 5.91 Å². The fourth-order valence-corrected chi connectivity index (χ4v) is 3.09. The van der Waals surface area contributed by atoms with Crippen molar-refractivity contribution >= 4 is 57.1 Å². The van der Waals surface area contributed by atoms with E-state index in [1.54, 1.807) is 18.2 Å². The third-order valence-electron chi connectivity index (χ3n) is 2.97. The molecule has 1 aromatic heterocycles. The van der Waals surface area contributed by atoms with Crippen molar-refractivity contribution in [3.05, 3.63) is 33.1 Å². The lowest BCUT2D eigenvalue weighted by atomic mass is 10.3. The Bertz CT molecular complexity index is 679. The fraction of sp³-hybridized carbons (Fsp3) is 0.231. The standard InChI is InChI=1S/C13H12Cl2N4OS/c14-7-2-1-3-8(15)9(7)18-12(20)10-11(16)19-13(21-10)17-6-4-5-6/h1-3,6H,4-5,16H2,(H,17,19)(H,18,20). The van der Waals surface area contributed by atoms with Gasteiger partial charge in [-0.25, -0.2) is 4.98 Å². The second-order valence-electron chi connectivity index (χ2n) is 4.70. The largest absolute Gasteiger partial charge is 0.382 e. The lowest BCUT2D eigenvalue weighted by Crippen LogP contribution is -2.12. The maximum atomic E-state index is 12.3. The molecule has 3 rings (SSSR count). The molecule has 1 aliphatic rings. The molecule has 0 radical (unpaired) electrons. The fourth-order valence-electron chi connectivity index (χ4n) is 1.75. The number of nitrogen functional groups attached to an aromatic ring is 1. The van der Waals surface area contributed by atoms with E-state index >= 15 is 0 Å². The molecule has 1 amide bonds. The van der Waals surface area contributed by atoms with Crippen molar-refractivity contribution in [2.24, 2.45) is 0 Å². The number of hydrogen-bond donors (Lipinski definition) is 3. The lowest BCUT2D eigenvalue weighted by molar-refractivity contribution is 0.103. The van der Waals surface area contributed by atoms with Crippen LogP contribution in [0.1, 0.15) is 22.5 Å². The summed E-state index contributed by atoms with van der Waals surface area (Å²) in [5.41, 5.74) is 6.17. The van der Waals surface area contributed by atoms with E-state index in [4.69, 9.17) is 28.9 Å². The quantitative estimate of drug-likeness (QED) is 0.788. The predicted octanol–water partition coefficient (Wildman–Crippen LogP) is 3.86. The summed E-state index contributed by atoms with van der Waals surface area (Å²) in [5, 5.41) is 7.29. The smallest absolute Gasteiger partial charge is 0.269 e. The number of thiazole rings is 1. The number of nitrogens with two attached hydrogens (primary N) is 1. The first-order valence-electron chi connectivity index (χ1n) is 6.33. The molecule has 0 unspecified atom stereocenters. The maximum absolute atomic E-state index is 12.3. The highest BCUT2D eigenvalue weighted by atomic mass is 35.5. The van der Waals surface area contributed by atoms with Crippen LogP contribution in [-0.2, 0) is 0 Å². The van der Waals surface area contributed by atoms with Crippen LogP contribution in [0.25, 0.3) is 0 Å². The van der Waals surface area contributed by atoms with E-state index in [2.05, 4.69) is 15.6 Å². The van der Waals surface area contributed by atoms with Gasteiger partial charge in [-0.15, -0.1) is 0 Å². The van der Waals surface area contributed by atoms with Crippen LogP contribution in [-0.4, -0.2) is 16.9 Å². The third-order valence-corrected chi connectivity index (χ3v) is 4.60. The Morgan fingerprint density at radius 1 is 1.33 bits per heavy atom. The Balaban J connectivity index is 1.80. The zero-order valence-electron chi connectivity index (χ0n) is 10.8. The molecule has 1 aliphatic carbocycles. The molecule has 1 aromatic carbocycles. The minimum absolute atomic E-state index is 0.198. The highest BCUT2D eigenvalue weighted by Crippen LogP contribution is 2.33. The first-order chi connectivity index (χ1) is 10.0. The number of hydrogen-bond acceptors (Lipinski definition) is 5. The number of para-hydroxylation sites is 1. The van der Waals surface area contributed by atoms with Gasteiger partial charge in [0.2, 0.25) is 0 Å². The summed E-state index contributed by atoms with van der Waals surface area (Å²) in [6.45, 7) is 0.